The fraction of sp³-hybridized carbons (Fsp3) is 0.375. The summed E-state index contributed by atoms with van der Waals surface area (Å²) in [5.74, 6) is 1.87. The van der Waals surface area contributed by atoms with Crippen LogP contribution in [0.15, 0.2) is 18.2 Å². The highest BCUT2D eigenvalue weighted by Crippen LogP contribution is 2.32. The van der Waals surface area contributed by atoms with Gasteiger partial charge in [0.1, 0.15) is 5.75 Å². The molecule has 20 heavy (non-hydrogen) atoms. The Balaban J connectivity index is 2.04. The fourth-order valence-corrected chi connectivity index (χ4v) is 2.55. The molecule has 0 saturated heterocycles. The summed E-state index contributed by atoms with van der Waals surface area (Å²) in [7, 11) is 0. The van der Waals surface area contributed by atoms with Crippen LogP contribution in [0, 0.1) is 13.8 Å². The third kappa shape index (κ3) is 2.11. The molecule has 0 atom stereocenters. The molecule has 0 amide bonds. The van der Waals surface area contributed by atoms with E-state index in [9.17, 15) is 0 Å². The van der Waals surface area contributed by atoms with Crippen LogP contribution in [-0.2, 0) is 6.42 Å². The van der Waals surface area contributed by atoms with E-state index >= 15 is 0 Å². The van der Waals surface area contributed by atoms with Crippen LogP contribution in [0.4, 0.5) is 5.82 Å². The van der Waals surface area contributed by atoms with Gasteiger partial charge in [0.05, 0.1) is 12.3 Å². The van der Waals surface area contributed by atoms with Gasteiger partial charge in [-0.25, -0.2) is 0 Å². The van der Waals surface area contributed by atoms with Crippen molar-refractivity contribution in [1.82, 2.24) is 10.2 Å². The minimum absolute atomic E-state index is 0.780. The lowest BCUT2D eigenvalue weighted by Gasteiger charge is -2.12. The Morgan fingerprint density at radius 1 is 1.20 bits per heavy atom. The predicted molar refractivity (Wildman–Crippen MR) is 80.3 cm³/mol. The summed E-state index contributed by atoms with van der Waals surface area (Å²) in [6.45, 7) is 7.88. The summed E-state index contributed by atoms with van der Waals surface area (Å²) in [6, 6.07) is 6.27. The Labute approximate surface area is 119 Å². The molecule has 0 fully saturated rings. The maximum absolute atomic E-state index is 5.55. The summed E-state index contributed by atoms with van der Waals surface area (Å²) in [5.41, 5.74) is 5.67. The molecule has 0 spiro atoms. The van der Waals surface area contributed by atoms with Gasteiger partial charge >= 0.3 is 0 Å². The van der Waals surface area contributed by atoms with Crippen molar-refractivity contribution < 1.29 is 4.74 Å². The number of benzene rings is 1. The minimum Gasteiger partial charge on any atom is -0.493 e. The van der Waals surface area contributed by atoms with E-state index in [1.807, 2.05) is 6.07 Å². The molecule has 4 nitrogen and oxygen atoms in total. The lowest BCUT2D eigenvalue weighted by atomic mass is 10.0. The number of nitrogens with zero attached hydrogens (tertiary/aromatic N) is 2. The zero-order valence-corrected chi connectivity index (χ0v) is 12.2. The normalized spacial score (nSPS) is 12.9. The van der Waals surface area contributed by atoms with Gasteiger partial charge in [-0.15, -0.1) is 10.2 Å². The van der Waals surface area contributed by atoms with Crippen molar-refractivity contribution in [2.24, 2.45) is 0 Å². The number of aromatic nitrogens is 2. The van der Waals surface area contributed by atoms with Crippen molar-refractivity contribution in [3.8, 4) is 17.0 Å². The van der Waals surface area contributed by atoms with Gasteiger partial charge in [0, 0.05) is 18.5 Å². The second-order valence-corrected chi connectivity index (χ2v) is 5.10. The average Bonchev–Trinajstić information content (AvgIpc) is 2.91. The van der Waals surface area contributed by atoms with Crippen molar-refractivity contribution in [3.05, 3.63) is 34.9 Å². The molecule has 1 aliphatic heterocycles. The van der Waals surface area contributed by atoms with Crippen LogP contribution in [-0.4, -0.2) is 23.3 Å². The average molecular weight is 269 g/mol. The molecule has 2 aromatic rings. The highest BCUT2D eigenvalue weighted by atomic mass is 16.5. The summed E-state index contributed by atoms with van der Waals surface area (Å²) in [6.07, 6.45) is 0.976. The molecule has 0 bridgehead atoms. The fourth-order valence-electron chi connectivity index (χ4n) is 2.55. The van der Waals surface area contributed by atoms with Gasteiger partial charge in [-0.05, 0) is 55.7 Å². The first-order valence-electron chi connectivity index (χ1n) is 7.04. The van der Waals surface area contributed by atoms with Crippen molar-refractivity contribution >= 4 is 5.82 Å². The minimum atomic E-state index is 0.780. The van der Waals surface area contributed by atoms with E-state index in [0.717, 1.165) is 48.0 Å². The van der Waals surface area contributed by atoms with E-state index in [4.69, 9.17) is 4.74 Å². The third-order valence-electron chi connectivity index (χ3n) is 3.83. The van der Waals surface area contributed by atoms with Crippen LogP contribution in [0.1, 0.15) is 23.6 Å². The second-order valence-electron chi connectivity index (χ2n) is 5.10. The zero-order valence-electron chi connectivity index (χ0n) is 12.2. The maximum atomic E-state index is 5.55. The standard InChI is InChI=1S/C16H19N3O/c1-4-17-16-11(3)10(2)15(18-19-16)13-5-6-14-12(9-13)7-8-20-14/h5-6,9H,4,7-8H2,1-3H3,(H,17,19). The smallest absolute Gasteiger partial charge is 0.151 e. The van der Waals surface area contributed by atoms with E-state index in [0.29, 0.717) is 0 Å². The Hall–Kier alpha value is -2.10. The molecule has 1 aromatic carbocycles. The SMILES string of the molecule is CCNc1nnc(-c2ccc3c(c2)CCO3)c(C)c1C. The molecule has 3 rings (SSSR count). The summed E-state index contributed by atoms with van der Waals surface area (Å²) < 4.78 is 5.55. The van der Waals surface area contributed by atoms with Crippen LogP contribution in [0.25, 0.3) is 11.3 Å². The van der Waals surface area contributed by atoms with E-state index in [1.54, 1.807) is 0 Å². The maximum Gasteiger partial charge on any atom is 0.151 e. The quantitative estimate of drug-likeness (QED) is 0.930. The van der Waals surface area contributed by atoms with Crippen molar-refractivity contribution in [3.63, 3.8) is 0 Å². The molecule has 4 heteroatoms. The van der Waals surface area contributed by atoms with E-state index in [1.165, 1.54) is 11.1 Å². The molecule has 2 heterocycles. The van der Waals surface area contributed by atoms with Gasteiger partial charge in [-0.3, -0.25) is 0 Å². The monoisotopic (exact) mass is 269 g/mol. The van der Waals surface area contributed by atoms with Crippen molar-refractivity contribution in [1.29, 1.82) is 0 Å². The molecule has 104 valence electrons. The second kappa shape index (κ2) is 5.12. The van der Waals surface area contributed by atoms with Crippen LogP contribution in [0.2, 0.25) is 0 Å². The zero-order chi connectivity index (χ0) is 14.1. The molecule has 0 unspecified atom stereocenters. The van der Waals surface area contributed by atoms with Gasteiger partial charge in [-0.1, -0.05) is 0 Å². The number of hydrogen-bond acceptors (Lipinski definition) is 4. The van der Waals surface area contributed by atoms with Crippen LogP contribution in [0.3, 0.4) is 0 Å². The molecule has 1 N–H and O–H groups in total. The number of fused-ring (bicyclic) bond motifs is 1. The van der Waals surface area contributed by atoms with E-state index in [2.05, 4.69) is 48.4 Å². The van der Waals surface area contributed by atoms with Gasteiger partial charge in [0.15, 0.2) is 5.82 Å². The molecule has 0 saturated carbocycles. The first-order valence-corrected chi connectivity index (χ1v) is 7.04. The summed E-state index contributed by atoms with van der Waals surface area (Å²) in [4.78, 5) is 0. The van der Waals surface area contributed by atoms with E-state index < -0.39 is 0 Å². The first-order chi connectivity index (χ1) is 9.70. The van der Waals surface area contributed by atoms with Gasteiger partial charge in [-0.2, -0.15) is 0 Å². The molecule has 1 aliphatic rings. The van der Waals surface area contributed by atoms with Crippen molar-refractivity contribution in [2.75, 3.05) is 18.5 Å². The van der Waals surface area contributed by atoms with E-state index in [-0.39, 0.29) is 0 Å². The predicted octanol–water partition coefficient (Wildman–Crippen LogP) is 3.13. The number of ether oxygens (including phenoxy) is 1. The molecular formula is C16H19N3O. The number of hydrogen-bond donors (Lipinski definition) is 1. The topological polar surface area (TPSA) is 47.0 Å². The summed E-state index contributed by atoms with van der Waals surface area (Å²) >= 11 is 0. The molecular weight excluding hydrogens is 250 g/mol. The lowest BCUT2D eigenvalue weighted by molar-refractivity contribution is 0.357. The van der Waals surface area contributed by atoms with Gasteiger partial charge in [0.25, 0.3) is 0 Å². The molecule has 1 aromatic heterocycles. The third-order valence-corrected chi connectivity index (χ3v) is 3.83. The van der Waals surface area contributed by atoms with Crippen molar-refractivity contribution in [2.45, 2.75) is 27.2 Å². The Morgan fingerprint density at radius 2 is 2.05 bits per heavy atom. The number of anilines is 1. The van der Waals surface area contributed by atoms with Crippen LogP contribution >= 0.6 is 0 Å². The Morgan fingerprint density at radius 3 is 2.85 bits per heavy atom. The Bertz CT molecular complexity index is 652. The number of rotatable bonds is 3. The lowest BCUT2D eigenvalue weighted by Crippen LogP contribution is -2.06. The molecule has 0 aliphatic carbocycles. The summed E-state index contributed by atoms with van der Waals surface area (Å²) in [5, 5.41) is 11.9. The first kappa shape index (κ1) is 12.9. The largest absolute Gasteiger partial charge is 0.493 e. The van der Waals surface area contributed by atoms with Crippen LogP contribution < -0.4 is 10.1 Å². The van der Waals surface area contributed by atoms with Gasteiger partial charge < -0.3 is 10.1 Å². The highest BCUT2D eigenvalue weighted by molar-refractivity contribution is 5.68. The Kier molecular flexibility index (Phi) is 3.30. The highest BCUT2D eigenvalue weighted by Gasteiger charge is 2.16. The number of nitrogens with one attached hydrogen (secondary N) is 1. The van der Waals surface area contributed by atoms with Gasteiger partial charge in [0.2, 0.25) is 0 Å². The molecule has 0 radical (unpaired) electrons. The van der Waals surface area contributed by atoms with Crippen LogP contribution in [0.5, 0.6) is 5.75 Å².